The number of carbonyl (C=O) groups is 1. The molecule has 0 bridgehead atoms. The number of benzene rings is 1. The maximum atomic E-state index is 11.4. The lowest BCUT2D eigenvalue weighted by molar-refractivity contribution is 0.0698. The van der Waals surface area contributed by atoms with Crippen LogP contribution in [0.25, 0.3) is 10.9 Å². The number of aryl methyl sites for hydroxylation is 3. The van der Waals surface area contributed by atoms with E-state index in [1.807, 2.05) is 6.92 Å². The second-order valence-corrected chi connectivity index (χ2v) is 4.88. The van der Waals surface area contributed by atoms with Crippen LogP contribution in [0.5, 0.6) is 0 Å². The first-order valence-corrected chi connectivity index (χ1v) is 6.30. The lowest BCUT2D eigenvalue weighted by atomic mass is 10.0. The number of aromatic nitrogens is 1. The molecule has 0 fully saturated rings. The molecule has 0 saturated carbocycles. The van der Waals surface area contributed by atoms with Crippen LogP contribution in [-0.2, 0) is 6.54 Å². The maximum Gasteiger partial charge on any atom is 0.337 e. The minimum absolute atomic E-state index is 0.412. The number of carboxylic acid groups (broad SMARTS) is 1. The van der Waals surface area contributed by atoms with Gasteiger partial charge in [-0.2, -0.15) is 0 Å². The highest BCUT2D eigenvalue weighted by Gasteiger charge is 2.18. The van der Waals surface area contributed by atoms with Crippen molar-refractivity contribution in [2.24, 2.45) is 0 Å². The average molecular weight is 245 g/mol. The molecule has 3 nitrogen and oxygen atoms in total. The number of carboxylic acids is 1. The molecule has 0 amide bonds. The van der Waals surface area contributed by atoms with Gasteiger partial charge < -0.3 is 9.67 Å². The van der Waals surface area contributed by atoms with Crippen LogP contribution < -0.4 is 0 Å². The molecule has 0 unspecified atom stereocenters. The molecule has 1 N–H and O–H groups in total. The van der Waals surface area contributed by atoms with Crippen LogP contribution in [0, 0.1) is 20.8 Å². The predicted molar refractivity (Wildman–Crippen MR) is 73.4 cm³/mol. The molecule has 0 spiro atoms. The van der Waals surface area contributed by atoms with Crippen LogP contribution in [0.2, 0.25) is 0 Å². The van der Waals surface area contributed by atoms with Crippen molar-refractivity contribution < 1.29 is 9.90 Å². The topological polar surface area (TPSA) is 42.2 Å². The Morgan fingerprint density at radius 2 is 1.94 bits per heavy atom. The van der Waals surface area contributed by atoms with Gasteiger partial charge in [-0.15, -0.1) is 0 Å². The predicted octanol–water partition coefficient (Wildman–Crippen LogP) is 3.67. The monoisotopic (exact) mass is 245 g/mol. The van der Waals surface area contributed by atoms with E-state index in [1.54, 1.807) is 6.07 Å². The Morgan fingerprint density at radius 1 is 1.28 bits per heavy atom. The molecule has 1 heterocycles. The number of rotatable bonds is 3. The fourth-order valence-electron chi connectivity index (χ4n) is 2.59. The van der Waals surface area contributed by atoms with Crippen LogP contribution >= 0.6 is 0 Å². The van der Waals surface area contributed by atoms with Crippen molar-refractivity contribution in [3.8, 4) is 0 Å². The standard InChI is InChI=1S/C15H19NO2/c1-5-6-16-11(4)10(3)12-7-9(2)8-13(14(12)16)15(17)18/h7-8H,5-6H2,1-4H3,(H,17,18). The number of hydrogen-bond acceptors (Lipinski definition) is 1. The van der Waals surface area contributed by atoms with Crippen molar-refractivity contribution in [1.82, 2.24) is 4.57 Å². The quantitative estimate of drug-likeness (QED) is 0.896. The summed E-state index contributed by atoms with van der Waals surface area (Å²) < 4.78 is 2.13. The fourth-order valence-corrected chi connectivity index (χ4v) is 2.59. The first kappa shape index (κ1) is 12.7. The minimum atomic E-state index is -0.849. The molecule has 1 aromatic carbocycles. The van der Waals surface area contributed by atoms with Gasteiger partial charge in [0.1, 0.15) is 0 Å². The molecule has 0 atom stereocenters. The Morgan fingerprint density at radius 3 is 2.50 bits per heavy atom. The number of nitrogens with zero attached hydrogens (tertiary/aromatic N) is 1. The van der Waals surface area contributed by atoms with E-state index in [0.717, 1.165) is 29.4 Å². The molecule has 3 heteroatoms. The smallest absolute Gasteiger partial charge is 0.337 e. The Hall–Kier alpha value is -1.77. The highest BCUT2D eigenvalue weighted by atomic mass is 16.4. The van der Waals surface area contributed by atoms with E-state index in [2.05, 4.69) is 31.4 Å². The van der Waals surface area contributed by atoms with E-state index in [9.17, 15) is 9.90 Å². The minimum Gasteiger partial charge on any atom is -0.478 e. The summed E-state index contributed by atoms with van der Waals surface area (Å²) in [6.45, 7) is 9.04. The van der Waals surface area contributed by atoms with Crippen LogP contribution in [0.1, 0.15) is 40.5 Å². The average Bonchev–Trinajstić information content (AvgIpc) is 2.54. The second kappa shape index (κ2) is 4.48. The van der Waals surface area contributed by atoms with Gasteiger partial charge in [-0.1, -0.05) is 6.92 Å². The molecule has 1 aromatic heterocycles. The summed E-state index contributed by atoms with van der Waals surface area (Å²) in [6, 6.07) is 3.84. The van der Waals surface area contributed by atoms with Crippen molar-refractivity contribution in [3.05, 3.63) is 34.5 Å². The molecule has 2 aromatic rings. The fraction of sp³-hybridized carbons (Fsp3) is 0.400. The normalized spacial score (nSPS) is 11.1. The molecule has 0 aliphatic heterocycles. The highest BCUT2D eigenvalue weighted by Crippen LogP contribution is 2.29. The van der Waals surface area contributed by atoms with E-state index >= 15 is 0 Å². The van der Waals surface area contributed by atoms with Gasteiger partial charge in [0.25, 0.3) is 0 Å². The van der Waals surface area contributed by atoms with Crippen molar-refractivity contribution in [3.63, 3.8) is 0 Å². The molecule has 0 saturated heterocycles. The van der Waals surface area contributed by atoms with E-state index in [0.29, 0.717) is 5.56 Å². The summed E-state index contributed by atoms with van der Waals surface area (Å²) in [7, 11) is 0. The zero-order valence-electron chi connectivity index (χ0n) is 11.4. The van der Waals surface area contributed by atoms with Crippen LogP contribution in [0.4, 0.5) is 0 Å². The lowest BCUT2D eigenvalue weighted by Gasteiger charge is -2.09. The summed E-state index contributed by atoms with van der Waals surface area (Å²) >= 11 is 0. The third-order valence-electron chi connectivity index (χ3n) is 3.55. The molecule has 0 aliphatic rings. The summed E-state index contributed by atoms with van der Waals surface area (Å²) in [5, 5.41) is 10.5. The van der Waals surface area contributed by atoms with Gasteiger partial charge in [0.05, 0.1) is 11.1 Å². The van der Waals surface area contributed by atoms with Crippen molar-refractivity contribution in [1.29, 1.82) is 0 Å². The van der Waals surface area contributed by atoms with E-state index < -0.39 is 5.97 Å². The SMILES string of the molecule is CCCn1c(C)c(C)c2cc(C)cc(C(=O)O)c21. The molecular weight excluding hydrogens is 226 g/mol. The zero-order chi connectivity index (χ0) is 13.4. The molecule has 0 aliphatic carbocycles. The Bertz CT molecular complexity index is 623. The summed E-state index contributed by atoms with van der Waals surface area (Å²) in [4.78, 5) is 11.4. The summed E-state index contributed by atoms with van der Waals surface area (Å²) in [5.74, 6) is -0.849. The van der Waals surface area contributed by atoms with Gasteiger partial charge in [0.15, 0.2) is 0 Å². The summed E-state index contributed by atoms with van der Waals surface area (Å²) in [6.07, 6.45) is 0.997. The Kier molecular flexibility index (Phi) is 3.16. The third kappa shape index (κ3) is 1.80. The largest absolute Gasteiger partial charge is 0.478 e. The number of hydrogen-bond donors (Lipinski definition) is 1. The van der Waals surface area contributed by atoms with E-state index in [4.69, 9.17) is 0 Å². The number of fused-ring (bicyclic) bond motifs is 1. The van der Waals surface area contributed by atoms with Crippen LogP contribution in [-0.4, -0.2) is 15.6 Å². The second-order valence-electron chi connectivity index (χ2n) is 4.88. The molecular formula is C15H19NO2. The van der Waals surface area contributed by atoms with Gasteiger partial charge in [0.2, 0.25) is 0 Å². The van der Waals surface area contributed by atoms with Gasteiger partial charge in [-0.3, -0.25) is 0 Å². The number of aromatic carboxylic acids is 1. The van der Waals surface area contributed by atoms with Crippen molar-refractivity contribution >= 4 is 16.9 Å². The molecule has 96 valence electrons. The Balaban J connectivity index is 2.92. The van der Waals surface area contributed by atoms with Gasteiger partial charge >= 0.3 is 5.97 Å². The summed E-state index contributed by atoms with van der Waals surface area (Å²) in [5.41, 5.74) is 4.63. The Labute approximate surface area is 107 Å². The van der Waals surface area contributed by atoms with Gasteiger partial charge in [0, 0.05) is 17.6 Å². The van der Waals surface area contributed by atoms with Gasteiger partial charge in [-0.25, -0.2) is 4.79 Å². The molecule has 2 rings (SSSR count). The third-order valence-corrected chi connectivity index (χ3v) is 3.55. The van der Waals surface area contributed by atoms with Crippen LogP contribution in [0.15, 0.2) is 12.1 Å². The van der Waals surface area contributed by atoms with Crippen molar-refractivity contribution in [2.45, 2.75) is 40.7 Å². The first-order chi connectivity index (χ1) is 8.47. The molecule has 0 radical (unpaired) electrons. The lowest BCUT2D eigenvalue weighted by Crippen LogP contribution is -2.05. The van der Waals surface area contributed by atoms with Crippen LogP contribution in [0.3, 0.4) is 0 Å². The first-order valence-electron chi connectivity index (χ1n) is 6.30. The molecule has 18 heavy (non-hydrogen) atoms. The van der Waals surface area contributed by atoms with E-state index in [1.165, 1.54) is 11.3 Å². The van der Waals surface area contributed by atoms with Gasteiger partial charge in [-0.05, 0) is 50.5 Å². The van der Waals surface area contributed by atoms with Crippen molar-refractivity contribution in [2.75, 3.05) is 0 Å². The zero-order valence-corrected chi connectivity index (χ0v) is 11.4. The van der Waals surface area contributed by atoms with E-state index in [-0.39, 0.29) is 0 Å². The highest BCUT2D eigenvalue weighted by molar-refractivity contribution is 6.04. The maximum absolute atomic E-state index is 11.4.